The summed E-state index contributed by atoms with van der Waals surface area (Å²) in [4.78, 5) is 22.8. The third-order valence-electron chi connectivity index (χ3n) is 18.2. The fourth-order valence-corrected chi connectivity index (χ4v) is 14.3. The van der Waals surface area contributed by atoms with Crippen LogP contribution in [-0.2, 0) is 38.0 Å². The van der Waals surface area contributed by atoms with E-state index >= 15 is 0 Å². The molecule has 4 saturated carbocycles. The van der Waals surface area contributed by atoms with Crippen LogP contribution in [0.25, 0.3) is 0 Å². The van der Waals surface area contributed by atoms with Crippen molar-refractivity contribution in [2.24, 2.45) is 50.2 Å². The van der Waals surface area contributed by atoms with Crippen molar-refractivity contribution in [2.75, 3.05) is 26.9 Å². The highest BCUT2D eigenvalue weighted by molar-refractivity contribution is 5.90. The SMILES string of the molecule is CO[C@@H]1C=C2[C@@H]3CC(C)(C)CC[C@]3(CO)[C@@H](O)C[C@@]2(C)[C@]2(C)CC[C@H]3[C@](C)(CO)[C@@H](O[C@@H]4O[C@H](C)[C@H](O)[C@H](O[C@@H]5O[C@H](COC(=O)CC(=O)O)[C@@H](O)[C@H](O)[C@H]5O)[C@H]4O)CC[C@]3(C)[C@@H]12. The first-order chi connectivity index (χ1) is 29.4. The summed E-state index contributed by atoms with van der Waals surface area (Å²) >= 11 is 0. The van der Waals surface area contributed by atoms with E-state index in [-0.39, 0.29) is 58.7 Å². The summed E-state index contributed by atoms with van der Waals surface area (Å²) in [7, 11) is 1.76. The molecule has 0 amide bonds. The summed E-state index contributed by atoms with van der Waals surface area (Å²) in [5.74, 6) is -2.65. The van der Waals surface area contributed by atoms with E-state index in [1.807, 2.05) is 6.92 Å². The zero-order valence-electron chi connectivity index (χ0n) is 38.1. The molecule has 0 radical (unpaired) electrons. The van der Waals surface area contributed by atoms with Gasteiger partial charge in [-0.25, -0.2) is 0 Å². The van der Waals surface area contributed by atoms with Crippen molar-refractivity contribution in [1.29, 1.82) is 0 Å². The largest absolute Gasteiger partial charge is 0.481 e. The molecule has 63 heavy (non-hydrogen) atoms. The Morgan fingerprint density at radius 3 is 2.11 bits per heavy atom. The molecule has 0 aromatic carbocycles. The number of hydrogen-bond acceptors (Lipinski definition) is 16. The molecule has 0 unspecified atom stereocenters. The van der Waals surface area contributed by atoms with E-state index in [1.165, 1.54) is 5.57 Å². The Morgan fingerprint density at radius 1 is 0.794 bits per heavy atom. The molecule has 17 heteroatoms. The van der Waals surface area contributed by atoms with Gasteiger partial charge in [0.2, 0.25) is 0 Å². The number of carbonyl (C=O) groups is 2. The topological polar surface area (TPSA) is 272 Å². The van der Waals surface area contributed by atoms with E-state index in [1.54, 1.807) is 14.0 Å². The number of hydrogen-bond donors (Lipinski definition) is 9. The van der Waals surface area contributed by atoms with E-state index in [2.05, 4.69) is 40.7 Å². The fraction of sp³-hybridized carbons (Fsp3) is 0.913. The summed E-state index contributed by atoms with van der Waals surface area (Å²) in [6, 6.07) is 0. The molecule has 2 aliphatic heterocycles. The highest BCUT2D eigenvalue weighted by Gasteiger charge is 2.72. The molecule has 7 rings (SSSR count). The van der Waals surface area contributed by atoms with Crippen molar-refractivity contribution in [3.8, 4) is 0 Å². The molecule has 2 saturated heterocycles. The van der Waals surface area contributed by atoms with Crippen LogP contribution in [0.15, 0.2) is 11.6 Å². The first-order valence-corrected chi connectivity index (χ1v) is 22.9. The number of aliphatic hydroxyl groups is 8. The number of carboxylic acids is 1. The zero-order valence-corrected chi connectivity index (χ0v) is 38.1. The van der Waals surface area contributed by atoms with Gasteiger partial charge in [-0.3, -0.25) is 9.59 Å². The van der Waals surface area contributed by atoms with Gasteiger partial charge in [-0.2, -0.15) is 0 Å². The van der Waals surface area contributed by atoms with Crippen molar-refractivity contribution in [3.63, 3.8) is 0 Å². The molecular weight excluding hydrogens is 824 g/mol. The van der Waals surface area contributed by atoms with Crippen LogP contribution < -0.4 is 0 Å². The molecule has 5 aliphatic carbocycles. The molecule has 7 aliphatic rings. The summed E-state index contributed by atoms with van der Waals surface area (Å²) in [6.45, 7) is 14.1. The minimum Gasteiger partial charge on any atom is -0.481 e. The standard InChI is InChI=1S/C46H74O17/c1-22-32(53)37(63-39-35(56)34(55)33(54)26(61-39)19-59-31(52)16-30(50)51)36(57)40(60-22)62-29-10-11-42(4)27(43(29,5)20-47)9-12-44(6)38(42)25(58-8)15-23-24-17-41(2,3)13-14-46(24,21-48)28(49)18-45(23,44)7/h15,22,24-29,32-40,47-49,53-57H,9-14,16-21H2,1-8H3,(H,50,51)/t22-,24+,25-,26-,27-,28+,29+,32+,33-,34+,35-,36-,37+,38-,39+,40+,42+,43+,44-,45-,46-/m1/s1. The molecule has 9 N–H and O–H groups in total. The minimum atomic E-state index is -1.87. The number of esters is 1. The van der Waals surface area contributed by atoms with Gasteiger partial charge in [-0.05, 0) is 91.8 Å². The van der Waals surface area contributed by atoms with Crippen LogP contribution in [0.3, 0.4) is 0 Å². The number of ether oxygens (including phenoxy) is 6. The quantitative estimate of drug-likeness (QED) is 0.0614. The third kappa shape index (κ3) is 7.84. The van der Waals surface area contributed by atoms with E-state index in [0.29, 0.717) is 19.3 Å². The number of rotatable bonds is 11. The van der Waals surface area contributed by atoms with Gasteiger partial charge in [0.1, 0.15) is 55.8 Å². The molecule has 21 atom stereocenters. The lowest BCUT2D eigenvalue weighted by Crippen LogP contribution is -2.70. The van der Waals surface area contributed by atoms with E-state index in [0.717, 1.165) is 32.1 Å². The van der Waals surface area contributed by atoms with Gasteiger partial charge in [-0.15, -0.1) is 0 Å². The van der Waals surface area contributed by atoms with Gasteiger partial charge >= 0.3 is 11.9 Å². The van der Waals surface area contributed by atoms with Crippen molar-refractivity contribution < 1.29 is 84.0 Å². The van der Waals surface area contributed by atoms with Gasteiger partial charge in [0, 0.05) is 23.9 Å². The molecule has 0 bridgehead atoms. The second-order valence-corrected chi connectivity index (χ2v) is 22.1. The second kappa shape index (κ2) is 17.4. The molecule has 0 spiro atoms. The van der Waals surface area contributed by atoms with Crippen molar-refractivity contribution in [3.05, 3.63) is 11.6 Å². The third-order valence-corrected chi connectivity index (χ3v) is 18.2. The molecule has 0 aromatic heterocycles. The maximum Gasteiger partial charge on any atom is 0.317 e. The van der Waals surface area contributed by atoms with Gasteiger partial charge in [0.05, 0.1) is 37.6 Å². The fourth-order valence-electron chi connectivity index (χ4n) is 14.3. The predicted molar refractivity (Wildman–Crippen MR) is 221 cm³/mol. The van der Waals surface area contributed by atoms with Crippen molar-refractivity contribution >= 4 is 11.9 Å². The maximum atomic E-state index is 12.1. The van der Waals surface area contributed by atoms with Crippen LogP contribution in [-0.4, -0.2) is 165 Å². The summed E-state index contributed by atoms with van der Waals surface area (Å²) in [5.41, 5.74) is -1.19. The lowest BCUT2D eigenvalue weighted by atomic mass is 9.32. The zero-order chi connectivity index (χ0) is 46.4. The highest BCUT2D eigenvalue weighted by atomic mass is 16.7. The number of allylic oxidation sites excluding steroid dienone is 1. The molecule has 360 valence electrons. The van der Waals surface area contributed by atoms with Crippen molar-refractivity contribution in [1.82, 2.24) is 0 Å². The number of fused-ring (bicyclic) bond motifs is 7. The van der Waals surface area contributed by atoms with Crippen LogP contribution in [0.4, 0.5) is 0 Å². The predicted octanol–water partition coefficient (Wildman–Crippen LogP) is 1.41. The van der Waals surface area contributed by atoms with Crippen LogP contribution in [0, 0.1) is 50.2 Å². The summed E-state index contributed by atoms with van der Waals surface area (Å²) in [6.07, 6.45) is -10.2. The lowest BCUT2D eigenvalue weighted by molar-refractivity contribution is -0.368. The smallest absolute Gasteiger partial charge is 0.317 e. The van der Waals surface area contributed by atoms with Crippen LogP contribution in [0.2, 0.25) is 0 Å². The van der Waals surface area contributed by atoms with Gasteiger partial charge in [0.25, 0.3) is 0 Å². The monoisotopic (exact) mass is 898 g/mol. The number of aliphatic hydroxyl groups excluding tert-OH is 8. The van der Waals surface area contributed by atoms with E-state index < -0.39 is 109 Å². The molecule has 6 fully saturated rings. The van der Waals surface area contributed by atoms with Crippen LogP contribution in [0.1, 0.15) is 106 Å². The van der Waals surface area contributed by atoms with E-state index in [4.69, 9.17) is 33.5 Å². The Labute approximate surface area is 370 Å². The normalized spacial score (nSPS) is 51.7. The summed E-state index contributed by atoms with van der Waals surface area (Å²) < 4.78 is 35.7. The van der Waals surface area contributed by atoms with Crippen LogP contribution in [0.5, 0.6) is 0 Å². The average Bonchev–Trinajstić information content (AvgIpc) is 3.21. The molecule has 17 nitrogen and oxygen atoms in total. The lowest BCUT2D eigenvalue weighted by Gasteiger charge is -2.73. The van der Waals surface area contributed by atoms with Gasteiger partial charge in [0.15, 0.2) is 12.6 Å². The molecule has 0 aromatic rings. The maximum absolute atomic E-state index is 12.1. The highest BCUT2D eigenvalue weighted by Crippen LogP contribution is 2.76. The van der Waals surface area contributed by atoms with Crippen molar-refractivity contribution in [2.45, 2.75) is 186 Å². The molecule has 2 heterocycles. The van der Waals surface area contributed by atoms with E-state index in [9.17, 15) is 50.4 Å². The average molecular weight is 899 g/mol. The van der Waals surface area contributed by atoms with Gasteiger partial charge in [-0.1, -0.05) is 53.2 Å². The first kappa shape index (κ1) is 49.1. The first-order valence-electron chi connectivity index (χ1n) is 22.9. The van der Waals surface area contributed by atoms with Gasteiger partial charge < -0.3 is 74.4 Å². The summed E-state index contributed by atoms with van der Waals surface area (Å²) in [5, 5.41) is 98.5. The Bertz CT molecular complexity index is 1730. The number of aliphatic carboxylic acids is 1. The Kier molecular flexibility index (Phi) is 13.5. The Balaban J connectivity index is 1.12. The molecular formula is C46H74O17. The van der Waals surface area contributed by atoms with Crippen LogP contribution >= 0.6 is 0 Å². The number of carboxylic acid groups (broad SMARTS) is 1. The Hall–Kier alpha value is -1.84. The Morgan fingerprint density at radius 2 is 1.48 bits per heavy atom. The second-order valence-electron chi connectivity index (χ2n) is 22.1. The minimum absolute atomic E-state index is 0.00425. The number of carbonyl (C=O) groups excluding carboxylic acids is 1. The number of methoxy groups -OCH3 is 1.